The molecule has 3 aromatic rings. The van der Waals surface area contributed by atoms with Gasteiger partial charge >= 0.3 is 6.03 Å². The van der Waals surface area contributed by atoms with Crippen LogP contribution in [0.25, 0.3) is 11.1 Å². The molecule has 0 saturated heterocycles. The predicted molar refractivity (Wildman–Crippen MR) is 105 cm³/mol. The average molecular weight is 375 g/mol. The second-order valence-electron chi connectivity index (χ2n) is 6.77. The monoisotopic (exact) mass is 375 g/mol. The van der Waals surface area contributed by atoms with Crippen LogP contribution in [0.4, 0.5) is 4.79 Å². The molecule has 2 aromatic carbocycles. The number of carbonyl (C=O) groups excluding carboxylic acids is 2. The van der Waals surface area contributed by atoms with E-state index in [-0.39, 0.29) is 19.0 Å². The zero-order valence-electron chi connectivity index (χ0n) is 15.4. The summed E-state index contributed by atoms with van der Waals surface area (Å²) < 4.78 is 5.16. The van der Waals surface area contributed by atoms with Crippen molar-refractivity contribution < 1.29 is 14.0 Å². The van der Waals surface area contributed by atoms with Crippen LogP contribution < -0.4 is 10.6 Å². The number of amides is 3. The first-order chi connectivity index (χ1) is 13.7. The molecule has 1 aliphatic rings. The minimum absolute atomic E-state index is 0.136. The Hall–Kier alpha value is -3.38. The lowest BCUT2D eigenvalue weighted by Crippen LogP contribution is -2.43. The molecule has 6 heteroatoms. The molecular formula is C22H21N3O3. The van der Waals surface area contributed by atoms with E-state index in [1.807, 2.05) is 29.2 Å². The van der Waals surface area contributed by atoms with Crippen LogP contribution in [0.2, 0.25) is 0 Å². The zero-order valence-corrected chi connectivity index (χ0v) is 15.4. The van der Waals surface area contributed by atoms with Crippen LogP contribution in [0.1, 0.15) is 16.9 Å². The summed E-state index contributed by atoms with van der Waals surface area (Å²) in [5.74, 6) is 0.289. The number of hydrogen-bond donors (Lipinski definition) is 2. The highest BCUT2D eigenvalue weighted by molar-refractivity contribution is 5.95. The van der Waals surface area contributed by atoms with Crippen molar-refractivity contribution in [2.45, 2.75) is 19.6 Å². The minimum atomic E-state index is -0.531. The van der Waals surface area contributed by atoms with E-state index in [0.717, 1.165) is 0 Å². The lowest BCUT2D eigenvalue weighted by atomic mass is 9.97. The Morgan fingerprint density at radius 1 is 0.893 bits per heavy atom. The van der Waals surface area contributed by atoms with Crippen LogP contribution in [0.3, 0.4) is 0 Å². The Morgan fingerprint density at radius 3 is 2.14 bits per heavy atom. The van der Waals surface area contributed by atoms with Gasteiger partial charge in [0.1, 0.15) is 5.76 Å². The van der Waals surface area contributed by atoms with Crippen LogP contribution >= 0.6 is 0 Å². The summed E-state index contributed by atoms with van der Waals surface area (Å²) in [5, 5.41) is 5.00. The molecule has 0 unspecified atom stereocenters. The molecule has 6 nitrogen and oxygen atoms in total. The Kier molecular flexibility index (Phi) is 5.21. The van der Waals surface area contributed by atoms with Crippen molar-refractivity contribution in [2.24, 2.45) is 0 Å². The largest absolute Gasteiger partial charge is 0.467 e. The molecule has 1 aliphatic heterocycles. The van der Waals surface area contributed by atoms with Crippen molar-refractivity contribution in [3.8, 4) is 11.1 Å². The standard InChI is InChI=1S/C22H21N3O3/c26-21(24-22(27)23-12-18-8-5-11-28-18)15-25-13-16-6-1-3-9-19(16)20-10-4-2-7-17(20)14-25/h1-11H,12-15H2,(H2,23,24,26,27). The number of nitrogens with one attached hydrogen (secondary N) is 2. The van der Waals surface area contributed by atoms with Gasteiger partial charge in [-0.3, -0.25) is 15.0 Å². The molecule has 2 heterocycles. The van der Waals surface area contributed by atoms with E-state index >= 15 is 0 Å². The van der Waals surface area contributed by atoms with Gasteiger partial charge in [0.25, 0.3) is 0 Å². The highest BCUT2D eigenvalue weighted by Gasteiger charge is 2.21. The van der Waals surface area contributed by atoms with Gasteiger partial charge in [0.15, 0.2) is 0 Å². The van der Waals surface area contributed by atoms with Gasteiger partial charge in [-0.1, -0.05) is 48.5 Å². The van der Waals surface area contributed by atoms with Crippen molar-refractivity contribution >= 4 is 11.9 Å². The second-order valence-corrected chi connectivity index (χ2v) is 6.77. The number of benzene rings is 2. The zero-order chi connectivity index (χ0) is 19.3. The molecule has 142 valence electrons. The van der Waals surface area contributed by atoms with Gasteiger partial charge in [-0.2, -0.15) is 0 Å². The Morgan fingerprint density at radius 2 is 1.54 bits per heavy atom. The van der Waals surface area contributed by atoms with Gasteiger partial charge in [-0.25, -0.2) is 4.79 Å². The van der Waals surface area contributed by atoms with E-state index < -0.39 is 6.03 Å². The summed E-state index contributed by atoms with van der Waals surface area (Å²) in [4.78, 5) is 26.4. The fraction of sp³-hybridized carbons (Fsp3) is 0.182. The van der Waals surface area contributed by atoms with Crippen LogP contribution in [0.15, 0.2) is 71.3 Å². The maximum atomic E-state index is 12.4. The second kappa shape index (κ2) is 8.10. The third-order valence-corrected chi connectivity index (χ3v) is 4.74. The maximum Gasteiger partial charge on any atom is 0.321 e. The first kappa shape index (κ1) is 18.0. The summed E-state index contributed by atoms with van der Waals surface area (Å²) in [6, 6.07) is 19.4. The normalized spacial score (nSPS) is 13.1. The van der Waals surface area contributed by atoms with E-state index in [2.05, 4.69) is 34.9 Å². The fourth-order valence-electron chi connectivity index (χ4n) is 3.49. The summed E-state index contributed by atoms with van der Waals surface area (Å²) in [6.45, 7) is 1.66. The molecule has 0 aliphatic carbocycles. The third-order valence-electron chi connectivity index (χ3n) is 4.74. The quantitative estimate of drug-likeness (QED) is 0.734. The van der Waals surface area contributed by atoms with E-state index in [1.54, 1.807) is 12.1 Å². The van der Waals surface area contributed by atoms with Gasteiger partial charge in [-0.15, -0.1) is 0 Å². The first-order valence-corrected chi connectivity index (χ1v) is 9.17. The van der Waals surface area contributed by atoms with Crippen molar-refractivity contribution in [3.05, 3.63) is 83.8 Å². The van der Waals surface area contributed by atoms with Crippen LogP contribution in [-0.2, 0) is 24.4 Å². The smallest absolute Gasteiger partial charge is 0.321 e. The highest BCUT2D eigenvalue weighted by Crippen LogP contribution is 2.32. The van der Waals surface area contributed by atoms with E-state index in [1.165, 1.54) is 28.5 Å². The van der Waals surface area contributed by atoms with Crippen LogP contribution in [0, 0.1) is 0 Å². The van der Waals surface area contributed by atoms with Crippen LogP contribution in [0.5, 0.6) is 0 Å². The first-order valence-electron chi connectivity index (χ1n) is 9.17. The fourth-order valence-corrected chi connectivity index (χ4v) is 3.49. The lowest BCUT2D eigenvalue weighted by Gasteiger charge is -2.20. The predicted octanol–water partition coefficient (Wildman–Crippen LogP) is 3.29. The molecule has 4 rings (SSSR count). The lowest BCUT2D eigenvalue weighted by molar-refractivity contribution is -0.121. The summed E-state index contributed by atoms with van der Waals surface area (Å²) in [7, 11) is 0. The number of urea groups is 1. The van der Waals surface area contributed by atoms with Gasteiger partial charge in [0.2, 0.25) is 5.91 Å². The maximum absolute atomic E-state index is 12.4. The number of hydrogen-bond acceptors (Lipinski definition) is 4. The molecule has 0 spiro atoms. The molecule has 2 N–H and O–H groups in total. The molecule has 0 radical (unpaired) electrons. The number of imide groups is 1. The molecule has 0 saturated carbocycles. The summed E-state index contributed by atoms with van der Waals surface area (Å²) in [5.41, 5.74) is 4.72. The van der Waals surface area contributed by atoms with Crippen molar-refractivity contribution in [1.82, 2.24) is 15.5 Å². The number of carbonyl (C=O) groups is 2. The Labute approximate surface area is 163 Å². The van der Waals surface area contributed by atoms with E-state index in [4.69, 9.17) is 4.42 Å². The number of fused-ring (bicyclic) bond motifs is 3. The van der Waals surface area contributed by atoms with E-state index in [0.29, 0.717) is 18.8 Å². The highest BCUT2D eigenvalue weighted by atomic mass is 16.3. The Bertz CT molecular complexity index is 935. The van der Waals surface area contributed by atoms with Crippen molar-refractivity contribution in [3.63, 3.8) is 0 Å². The molecule has 3 amide bonds. The molecular weight excluding hydrogens is 354 g/mol. The molecule has 1 aromatic heterocycles. The molecule has 0 bridgehead atoms. The summed E-state index contributed by atoms with van der Waals surface area (Å²) in [6.07, 6.45) is 1.54. The topological polar surface area (TPSA) is 74.6 Å². The minimum Gasteiger partial charge on any atom is -0.467 e. The summed E-state index contributed by atoms with van der Waals surface area (Å²) >= 11 is 0. The van der Waals surface area contributed by atoms with Gasteiger partial charge in [-0.05, 0) is 34.4 Å². The number of nitrogens with zero attached hydrogens (tertiary/aromatic N) is 1. The van der Waals surface area contributed by atoms with Gasteiger partial charge in [0, 0.05) is 13.1 Å². The SMILES string of the molecule is O=C(CN1Cc2ccccc2-c2ccccc2C1)NC(=O)NCc1ccco1. The molecule has 28 heavy (non-hydrogen) atoms. The van der Waals surface area contributed by atoms with E-state index in [9.17, 15) is 9.59 Å². The molecule has 0 atom stereocenters. The van der Waals surface area contributed by atoms with Gasteiger partial charge < -0.3 is 9.73 Å². The molecule has 0 fully saturated rings. The van der Waals surface area contributed by atoms with Crippen molar-refractivity contribution in [1.29, 1.82) is 0 Å². The number of furan rings is 1. The van der Waals surface area contributed by atoms with Crippen molar-refractivity contribution in [2.75, 3.05) is 6.54 Å². The third kappa shape index (κ3) is 4.13. The van der Waals surface area contributed by atoms with Gasteiger partial charge in [0.05, 0.1) is 19.4 Å². The average Bonchev–Trinajstić information content (AvgIpc) is 3.15. The number of rotatable bonds is 4. The van der Waals surface area contributed by atoms with Crippen LogP contribution in [-0.4, -0.2) is 23.4 Å². The Balaban J connectivity index is 1.41.